The van der Waals surface area contributed by atoms with Gasteiger partial charge in [0.15, 0.2) is 0 Å². The van der Waals surface area contributed by atoms with Crippen LogP contribution in [0, 0.1) is 5.82 Å². The van der Waals surface area contributed by atoms with Gasteiger partial charge in [0.1, 0.15) is 11.9 Å². The molecular formula is C14H18FN3O3. The fraction of sp³-hybridized carbons (Fsp3) is 0.429. The Morgan fingerprint density at radius 2 is 2.19 bits per heavy atom. The lowest BCUT2D eigenvalue weighted by atomic mass is 10.1. The Labute approximate surface area is 122 Å². The second-order valence-electron chi connectivity index (χ2n) is 4.85. The maximum atomic E-state index is 14.2. The fourth-order valence-corrected chi connectivity index (χ4v) is 2.58. The average molecular weight is 295 g/mol. The van der Waals surface area contributed by atoms with Gasteiger partial charge in [-0.05, 0) is 25.0 Å². The van der Waals surface area contributed by atoms with Crippen molar-refractivity contribution in [1.82, 2.24) is 5.32 Å². The van der Waals surface area contributed by atoms with Gasteiger partial charge in [-0.25, -0.2) is 9.18 Å². The first-order chi connectivity index (χ1) is 9.99. The number of likely N-dealkylation sites (N-methyl/N-ethyl adjacent to an activating group) is 1. The highest BCUT2D eigenvalue weighted by molar-refractivity contribution is 5.96. The number of carbonyl (C=O) groups excluding carboxylic acids is 2. The normalized spacial score (nSPS) is 17.7. The van der Waals surface area contributed by atoms with Gasteiger partial charge in [0.05, 0.1) is 18.4 Å². The van der Waals surface area contributed by atoms with Crippen molar-refractivity contribution in [3.05, 3.63) is 23.5 Å². The number of benzene rings is 1. The van der Waals surface area contributed by atoms with E-state index in [1.807, 2.05) is 0 Å². The molecule has 0 saturated carbocycles. The van der Waals surface area contributed by atoms with Gasteiger partial charge in [-0.2, -0.15) is 0 Å². The summed E-state index contributed by atoms with van der Waals surface area (Å²) in [7, 11) is 2.77. The molecule has 21 heavy (non-hydrogen) atoms. The number of nitrogens with zero attached hydrogens (tertiary/aromatic N) is 1. The number of anilines is 2. The van der Waals surface area contributed by atoms with Crippen LogP contribution in [0.15, 0.2) is 12.1 Å². The van der Waals surface area contributed by atoms with Crippen molar-refractivity contribution in [2.75, 3.05) is 31.3 Å². The third-order valence-corrected chi connectivity index (χ3v) is 3.64. The Kier molecular flexibility index (Phi) is 4.30. The summed E-state index contributed by atoms with van der Waals surface area (Å²) in [6.07, 6.45) is 1.41. The zero-order chi connectivity index (χ0) is 15.6. The molecule has 1 unspecified atom stereocenters. The van der Waals surface area contributed by atoms with Crippen molar-refractivity contribution in [3.8, 4) is 0 Å². The largest absolute Gasteiger partial charge is 0.465 e. The monoisotopic (exact) mass is 295 g/mol. The number of nitrogen functional groups attached to an aromatic ring is 1. The van der Waals surface area contributed by atoms with E-state index in [1.54, 1.807) is 4.90 Å². The molecule has 1 fully saturated rings. The molecule has 114 valence electrons. The summed E-state index contributed by atoms with van der Waals surface area (Å²) in [5.74, 6) is -1.37. The Balaban J connectivity index is 2.43. The molecular weight excluding hydrogens is 277 g/mol. The third kappa shape index (κ3) is 2.76. The SMILES string of the molecule is CNC(=O)C1CCCN1c1cc(C(=O)OC)c(N)cc1F. The van der Waals surface area contributed by atoms with E-state index in [1.165, 1.54) is 20.2 Å². The summed E-state index contributed by atoms with van der Waals surface area (Å²) in [5, 5.41) is 2.57. The van der Waals surface area contributed by atoms with Gasteiger partial charge >= 0.3 is 5.97 Å². The van der Waals surface area contributed by atoms with Crippen LogP contribution < -0.4 is 16.0 Å². The number of esters is 1. The van der Waals surface area contributed by atoms with Gasteiger partial charge in [-0.15, -0.1) is 0 Å². The maximum absolute atomic E-state index is 14.2. The van der Waals surface area contributed by atoms with Gasteiger partial charge in [-0.1, -0.05) is 0 Å². The van der Waals surface area contributed by atoms with Crippen molar-refractivity contribution in [3.63, 3.8) is 0 Å². The number of amides is 1. The van der Waals surface area contributed by atoms with Crippen LogP contribution in [-0.2, 0) is 9.53 Å². The highest BCUT2D eigenvalue weighted by atomic mass is 19.1. The molecule has 0 aliphatic carbocycles. The number of halogens is 1. The summed E-state index contributed by atoms with van der Waals surface area (Å²) >= 11 is 0. The molecule has 1 aromatic rings. The minimum Gasteiger partial charge on any atom is -0.465 e. The molecule has 1 saturated heterocycles. The lowest BCUT2D eigenvalue weighted by molar-refractivity contribution is -0.121. The molecule has 3 N–H and O–H groups in total. The van der Waals surface area contributed by atoms with Crippen LogP contribution in [0.1, 0.15) is 23.2 Å². The highest BCUT2D eigenvalue weighted by Crippen LogP contribution is 2.31. The molecule has 1 amide bonds. The Morgan fingerprint density at radius 1 is 1.48 bits per heavy atom. The molecule has 0 bridgehead atoms. The van der Waals surface area contributed by atoms with Crippen molar-refractivity contribution < 1.29 is 18.7 Å². The summed E-state index contributed by atoms with van der Waals surface area (Å²) < 4.78 is 18.8. The van der Waals surface area contributed by atoms with E-state index in [0.717, 1.165) is 12.5 Å². The Hall–Kier alpha value is -2.31. The molecule has 1 atom stereocenters. The maximum Gasteiger partial charge on any atom is 0.340 e. The molecule has 6 nitrogen and oxygen atoms in total. The molecule has 1 aromatic carbocycles. The number of ether oxygens (including phenoxy) is 1. The van der Waals surface area contributed by atoms with Crippen LogP contribution in [0.3, 0.4) is 0 Å². The van der Waals surface area contributed by atoms with Gasteiger partial charge in [0.25, 0.3) is 0 Å². The van der Waals surface area contributed by atoms with Crippen LogP contribution in [-0.4, -0.2) is 38.6 Å². The number of methoxy groups -OCH3 is 1. The van der Waals surface area contributed by atoms with Crippen LogP contribution in [0.4, 0.5) is 15.8 Å². The fourth-order valence-electron chi connectivity index (χ4n) is 2.58. The summed E-state index contributed by atoms with van der Waals surface area (Å²) in [6, 6.07) is 1.98. The van der Waals surface area contributed by atoms with Crippen molar-refractivity contribution in [1.29, 1.82) is 0 Å². The third-order valence-electron chi connectivity index (χ3n) is 3.64. The van der Waals surface area contributed by atoms with Gasteiger partial charge < -0.3 is 20.7 Å². The first-order valence-corrected chi connectivity index (χ1v) is 6.65. The predicted molar refractivity (Wildman–Crippen MR) is 76.6 cm³/mol. The summed E-state index contributed by atoms with van der Waals surface area (Å²) in [4.78, 5) is 25.2. The van der Waals surface area contributed by atoms with Crippen LogP contribution in [0.2, 0.25) is 0 Å². The van der Waals surface area contributed by atoms with Crippen molar-refractivity contribution >= 4 is 23.3 Å². The standard InChI is InChI=1S/C14H18FN3O3/c1-17-13(19)11-4-3-5-18(11)12-6-8(14(20)21-2)10(16)7-9(12)15/h6-7,11H,3-5,16H2,1-2H3,(H,17,19). The molecule has 0 radical (unpaired) electrons. The van der Waals surface area contributed by atoms with Crippen molar-refractivity contribution in [2.24, 2.45) is 0 Å². The lowest BCUT2D eigenvalue weighted by Crippen LogP contribution is -2.42. The zero-order valence-electron chi connectivity index (χ0n) is 12.0. The number of hydrogen-bond acceptors (Lipinski definition) is 5. The van der Waals surface area contributed by atoms with E-state index in [4.69, 9.17) is 5.73 Å². The quantitative estimate of drug-likeness (QED) is 0.639. The first kappa shape index (κ1) is 15.1. The summed E-state index contributed by atoms with van der Waals surface area (Å²) in [5.41, 5.74) is 5.94. The second kappa shape index (κ2) is 5.99. The number of nitrogens with one attached hydrogen (secondary N) is 1. The highest BCUT2D eigenvalue weighted by Gasteiger charge is 2.32. The molecule has 1 aliphatic heterocycles. The first-order valence-electron chi connectivity index (χ1n) is 6.65. The molecule has 1 aliphatic rings. The van der Waals surface area contributed by atoms with Gasteiger partial charge in [0.2, 0.25) is 5.91 Å². The minimum absolute atomic E-state index is 0.0128. The predicted octanol–water partition coefficient (Wildman–Crippen LogP) is 0.909. The molecule has 0 spiro atoms. The number of nitrogens with two attached hydrogens (primary N) is 1. The van der Waals surface area contributed by atoms with E-state index in [0.29, 0.717) is 13.0 Å². The van der Waals surface area contributed by atoms with Gasteiger partial charge in [-0.3, -0.25) is 4.79 Å². The Morgan fingerprint density at radius 3 is 2.81 bits per heavy atom. The van der Waals surface area contributed by atoms with Crippen LogP contribution in [0.25, 0.3) is 0 Å². The number of hydrogen-bond donors (Lipinski definition) is 2. The topological polar surface area (TPSA) is 84.7 Å². The number of carbonyl (C=O) groups is 2. The lowest BCUT2D eigenvalue weighted by Gasteiger charge is -2.26. The minimum atomic E-state index is -0.635. The number of rotatable bonds is 3. The molecule has 2 rings (SSSR count). The smallest absolute Gasteiger partial charge is 0.340 e. The van der Waals surface area contributed by atoms with Crippen LogP contribution >= 0.6 is 0 Å². The molecule has 7 heteroatoms. The second-order valence-corrected chi connectivity index (χ2v) is 4.85. The Bertz CT molecular complexity index is 577. The summed E-state index contributed by atoms with van der Waals surface area (Å²) in [6.45, 7) is 0.541. The van der Waals surface area contributed by atoms with Crippen molar-refractivity contribution in [2.45, 2.75) is 18.9 Å². The van der Waals surface area contributed by atoms with E-state index in [-0.39, 0.29) is 22.8 Å². The van der Waals surface area contributed by atoms with E-state index in [9.17, 15) is 14.0 Å². The van der Waals surface area contributed by atoms with E-state index < -0.39 is 17.8 Å². The molecule has 1 heterocycles. The van der Waals surface area contributed by atoms with E-state index >= 15 is 0 Å². The molecule has 0 aromatic heterocycles. The van der Waals surface area contributed by atoms with E-state index in [2.05, 4.69) is 10.1 Å². The average Bonchev–Trinajstić information content (AvgIpc) is 2.95. The zero-order valence-corrected chi connectivity index (χ0v) is 12.0. The van der Waals surface area contributed by atoms with Crippen LogP contribution in [0.5, 0.6) is 0 Å². The van der Waals surface area contributed by atoms with Gasteiger partial charge in [0, 0.05) is 19.3 Å².